The first kappa shape index (κ1) is 21.1. The number of hydrogen-bond donors (Lipinski definition) is 2. The number of rotatable bonds is 6. The van der Waals surface area contributed by atoms with Crippen molar-refractivity contribution >= 4 is 22.9 Å². The Morgan fingerprint density at radius 1 is 1.14 bits per heavy atom. The van der Waals surface area contributed by atoms with Crippen LogP contribution >= 0.6 is 11.3 Å². The maximum absolute atomic E-state index is 13.9. The number of benzene rings is 2. The summed E-state index contributed by atoms with van der Waals surface area (Å²) >= 11 is 1.37. The summed E-state index contributed by atoms with van der Waals surface area (Å²) in [4.78, 5) is 17.8. The van der Waals surface area contributed by atoms with Gasteiger partial charge < -0.3 is 10.2 Å². The molecule has 1 aromatic heterocycles. The number of carbonyl (C=O) groups excluding carboxylic acids is 1. The molecule has 1 heterocycles. The molecule has 0 spiro atoms. The molecular weight excluding hydrogens is 392 g/mol. The quantitative estimate of drug-likeness (QED) is 0.644. The molecule has 3 aromatic rings. The lowest BCUT2D eigenvalue weighted by atomic mass is 10.1. The number of aromatic nitrogens is 1. The maximum Gasteiger partial charge on any atom is 0.279 e. The van der Waals surface area contributed by atoms with E-state index in [1.807, 2.05) is 40.0 Å². The summed E-state index contributed by atoms with van der Waals surface area (Å²) in [5, 5.41) is 5.47. The number of nitrogens with one attached hydrogen (secondary N) is 2. The van der Waals surface area contributed by atoms with E-state index < -0.39 is 11.6 Å². The Hall–Kier alpha value is -2.64. The van der Waals surface area contributed by atoms with E-state index in [2.05, 4.69) is 10.3 Å². The summed E-state index contributed by atoms with van der Waals surface area (Å²) in [7, 11) is 1.90. The Kier molecular flexibility index (Phi) is 6.39. The van der Waals surface area contributed by atoms with E-state index >= 15 is 0 Å². The third-order valence-corrected chi connectivity index (χ3v) is 5.46. The number of halogens is 2. The van der Waals surface area contributed by atoms with Crippen LogP contribution in [-0.4, -0.2) is 24.5 Å². The largest absolute Gasteiger partial charge is 0.324 e. The fourth-order valence-corrected chi connectivity index (χ4v) is 4.27. The third-order valence-electron chi connectivity index (χ3n) is 4.61. The van der Waals surface area contributed by atoms with Gasteiger partial charge >= 0.3 is 0 Å². The van der Waals surface area contributed by atoms with Crippen molar-refractivity contribution in [3.05, 3.63) is 69.0 Å². The Bertz CT molecular complexity index is 1030. The number of nitrogens with zero attached hydrogens (tertiary/aromatic N) is 1. The average molecular weight is 417 g/mol. The second-order valence-corrected chi connectivity index (χ2v) is 8.33. The molecule has 0 aliphatic heterocycles. The summed E-state index contributed by atoms with van der Waals surface area (Å²) in [6.45, 7) is 6.78. The first-order valence-corrected chi connectivity index (χ1v) is 10.2. The van der Waals surface area contributed by atoms with Gasteiger partial charge in [0.15, 0.2) is 6.54 Å². The molecule has 29 heavy (non-hydrogen) atoms. The van der Waals surface area contributed by atoms with Gasteiger partial charge in [-0.25, -0.2) is 13.8 Å². The van der Waals surface area contributed by atoms with Gasteiger partial charge in [0.05, 0.1) is 12.7 Å². The van der Waals surface area contributed by atoms with Crippen molar-refractivity contribution in [3.63, 3.8) is 0 Å². The normalized spacial score (nSPS) is 12.1. The summed E-state index contributed by atoms with van der Waals surface area (Å²) in [5.41, 5.74) is 4.64. The zero-order valence-electron chi connectivity index (χ0n) is 16.9. The topological polar surface area (TPSA) is 46.4 Å². The van der Waals surface area contributed by atoms with Crippen LogP contribution in [-0.2, 0) is 11.3 Å². The van der Waals surface area contributed by atoms with Crippen molar-refractivity contribution in [3.8, 4) is 11.3 Å². The summed E-state index contributed by atoms with van der Waals surface area (Å²) in [6, 6.07) is 7.41. The molecule has 0 fully saturated rings. The highest BCUT2D eigenvalue weighted by Crippen LogP contribution is 2.25. The van der Waals surface area contributed by atoms with Crippen LogP contribution in [0.4, 0.5) is 14.5 Å². The predicted octanol–water partition coefficient (Wildman–Crippen LogP) is 3.67. The van der Waals surface area contributed by atoms with Gasteiger partial charge in [0.1, 0.15) is 23.2 Å². The summed E-state index contributed by atoms with van der Waals surface area (Å²) in [5.74, 6) is -1.09. The maximum atomic E-state index is 13.9. The van der Waals surface area contributed by atoms with Crippen LogP contribution in [0.15, 0.2) is 35.7 Å². The minimum atomic E-state index is -0.507. The standard InChI is InChI=1S/C22H23F2N3OS/c1-13-7-14(2)22(15(3)8-13)26-20(28)10-27(4)11-21-25-19(12-29-21)17-9-16(23)5-6-18(17)24/h5-9,12H,10-11H2,1-4H3,(H,26,28)/p+1. The van der Waals surface area contributed by atoms with Gasteiger partial charge in [0.25, 0.3) is 5.91 Å². The molecule has 0 saturated heterocycles. The fourth-order valence-electron chi connectivity index (χ4n) is 3.37. The van der Waals surface area contributed by atoms with Gasteiger partial charge in [-0.3, -0.25) is 4.79 Å². The molecule has 2 aromatic carbocycles. The van der Waals surface area contributed by atoms with Crippen LogP contribution in [0.2, 0.25) is 0 Å². The molecule has 1 unspecified atom stereocenters. The number of anilines is 1. The Morgan fingerprint density at radius 2 is 1.83 bits per heavy atom. The second-order valence-electron chi connectivity index (χ2n) is 7.38. The molecule has 0 bridgehead atoms. The van der Waals surface area contributed by atoms with Crippen LogP contribution in [0.3, 0.4) is 0 Å². The molecule has 0 saturated carbocycles. The van der Waals surface area contributed by atoms with Crippen molar-refractivity contribution in [1.29, 1.82) is 0 Å². The van der Waals surface area contributed by atoms with E-state index in [4.69, 9.17) is 0 Å². The van der Waals surface area contributed by atoms with Gasteiger partial charge in [0, 0.05) is 16.6 Å². The molecule has 7 heteroatoms. The predicted molar refractivity (Wildman–Crippen MR) is 112 cm³/mol. The van der Waals surface area contributed by atoms with E-state index in [0.29, 0.717) is 12.2 Å². The van der Waals surface area contributed by atoms with E-state index in [9.17, 15) is 13.6 Å². The first-order valence-electron chi connectivity index (χ1n) is 9.31. The highest BCUT2D eigenvalue weighted by molar-refractivity contribution is 7.09. The molecule has 0 aliphatic rings. The van der Waals surface area contributed by atoms with Crippen LogP contribution in [0.5, 0.6) is 0 Å². The summed E-state index contributed by atoms with van der Waals surface area (Å²) in [6.07, 6.45) is 0. The lowest BCUT2D eigenvalue weighted by Gasteiger charge is -2.15. The van der Waals surface area contributed by atoms with Crippen molar-refractivity contribution in [2.24, 2.45) is 0 Å². The summed E-state index contributed by atoms with van der Waals surface area (Å²) < 4.78 is 27.3. The van der Waals surface area contributed by atoms with E-state index in [-0.39, 0.29) is 18.0 Å². The Morgan fingerprint density at radius 3 is 2.52 bits per heavy atom. The molecule has 2 N–H and O–H groups in total. The van der Waals surface area contributed by atoms with E-state index in [1.165, 1.54) is 11.3 Å². The van der Waals surface area contributed by atoms with Crippen LogP contribution in [0.1, 0.15) is 21.7 Å². The molecule has 1 amide bonds. The van der Waals surface area contributed by atoms with E-state index in [0.717, 1.165) is 50.5 Å². The first-order chi connectivity index (χ1) is 13.7. The van der Waals surface area contributed by atoms with Gasteiger partial charge in [-0.2, -0.15) is 0 Å². The number of amides is 1. The molecule has 152 valence electrons. The van der Waals surface area contributed by atoms with Crippen molar-refractivity contribution in [1.82, 2.24) is 4.98 Å². The number of hydrogen-bond acceptors (Lipinski definition) is 3. The number of carbonyl (C=O) groups is 1. The molecule has 3 rings (SSSR count). The monoisotopic (exact) mass is 416 g/mol. The zero-order valence-corrected chi connectivity index (χ0v) is 17.7. The van der Waals surface area contributed by atoms with Crippen LogP contribution < -0.4 is 10.2 Å². The number of likely N-dealkylation sites (N-methyl/N-ethyl adjacent to an activating group) is 1. The molecule has 4 nitrogen and oxygen atoms in total. The van der Waals surface area contributed by atoms with E-state index in [1.54, 1.807) is 5.38 Å². The SMILES string of the molecule is Cc1cc(C)c(NC(=O)C[NH+](C)Cc2nc(-c3cc(F)ccc3F)cs2)c(C)c1. The van der Waals surface area contributed by atoms with Gasteiger partial charge in [-0.05, 0) is 50.1 Å². The smallest absolute Gasteiger partial charge is 0.279 e. The zero-order chi connectivity index (χ0) is 21.1. The minimum absolute atomic E-state index is 0.0782. The van der Waals surface area contributed by atoms with Crippen molar-refractivity contribution < 1.29 is 18.5 Å². The van der Waals surface area contributed by atoms with Crippen molar-refractivity contribution in [2.45, 2.75) is 27.3 Å². The fraction of sp³-hybridized carbons (Fsp3) is 0.273. The van der Waals surface area contributed by atoms with Crippen molar-refractivity contribution in [2.75, 3.05) is 18.9 Å². The number of aryl methyl sites for hydroxylation is 3. The Balaban J connectivity index is 1.63. The third kappa shape index (κ3) is 5.25. The minimum Gasteiger partial charge on any atom is -0.324 e. The highest BCUT2D eigenvalue weighted by atomic mass is 32.1. The number of quaternary nitrogens is 1. The second kappa shape index (κ2) is 8.80. The number of thiazole rings is 1. The van der Waals surface area contributed by atoms with Crippen LogP contribution in [0, 0.1) is 32.4 Å². The van der Waals surface area contributed by atoms with Gasteiger partial charge in [-0.1, -0.05) is 17.7 Å². The lowest BCUT2D eigenvalue weighted by molar-refractivity contribution is -0.885. The lowest BCUT2D eigenvalue weighted by Crippen LogP contribution is -3.08. The molecule has 0 radical (unpaired) electrons. The van der Waals surface area contributed by atoms with Gasteiger partial charge in [-0.15, -0.1) is 11.3 Å². The molecule has 0 aliphatic carbocycles. The molecular formula is C22H24F2N3OS+. The van der Waals surface area contributed by atoms with Gasteiger partial charge in [0.2, 0.25) is 0 Å². The van der Waals surface area contributed by atoms with Crippen LogP contribution in [0.25, 0.3) is 11.3 Å². The Labute approximate surface area is 173 Å². The molecule has 1 atom stereocenters. The average Bonchev–Trinajstić information content (AvgIpc) is 3.08. The highest BCUT2D eigenvalue weighted by Gasteiger charge is 2.16.